The van der Waals surface area contributed by atoms with Gasteiger partial charge in [0.05, 0.1) is 40.9 Å². The fourth-order valence-electron chi connectivity index (χ4n) is 5.22. The highest BCUT2D eigenvalue weighted by Gasteiger charge is 2.33. The summed E-state index contributed by atoms with van der Waals surface area (Å²) >= 11 is 0. The van der Waals surface area contributed by atoms with Gasteiger partial charge in [0, 0.05) is 43.2 Å². The number of nitrogens with two attached hydrogens (primary N) is 1. The second-order valence-corrected chi connectivity index (χ2v) is 9.86. The number of nitrogens with one attached hydrogen (secondary N) is 1. The molecule has 1 saturated heterocycles. The minimum Gasteiger partial charge on any atom is -0.479 e. The Morgan fingerprint density at radius 2 is 2.13 bits per heavy atom. The first-order chi connectivity index (χ1) is 18.4. The van der Waals surface area contributed by atoms with Crippen molar-refractivity contribution in [3.8, 4) is 17.0 Å². The first-order valence-electron chi connectivity index (χ1n) is 13.4. The van der Waals surface area contributed by atoms with Crippen LogP contribution >= 0.6 is 0 Å². The Balaban J connectivity index is 1.72. The molecule has 4 bridgehead atoms. The van der Waals surface area contributed by atoms with Crippen LogP contribution in [0.15, 0.2) is 40.9 Å². The number of benzene rings is 1. The van der Waals surface area contributed by atoms with Crippen LogP contribution in [0.5, 0.6) is 5.88 Å². The average Bonchev–Trinajstić information content (AvgIpc) is 3.46. The van der Waals surface area contributed by atoms with Gasteiger partial charge in [-0.2, -0.15) is 10.2 Å². The zero-order valence-corrected chi connectivity index (χ0v) is 22.5. The number of rotatable bonds is 4. The first-order valence-corrected chi connectivity index (χ1v) is 13.4. The zero-order valence-electron chi connectivity index (χ0n) is 22.5. The van der Waals surface area contributed by atoms with Gasteiger partial charge in [0.25, 0.3) is 0 Å². The molecule has 0 amide bonds. The highest BCUT2D eigenvalue weighted by atomic mass is 19.1. The van der Waals surface area contributed by atoms with Crippen molar-refractivity contribution in [2.24, 2.45) is 17.8 Å². The Kier molecular flexibility index (Phi) is 7.51. The molecule has 5 rings (SSSR count). The van der Waals surface area contributed by atoms with Crippen LogP contribution < -0.4 is 10.5 Å². The molecule has 2 aromatic heterocycles. The molecule has 9 nitrogen and oxygen atoms in total. The van der Waals surface area contributed by atoms with Crippen molar-refractivity contribution in [1.29, 1.82) is 0 Å². The molecule has 3 atom stereocenters. The quantitative estimate of drug-likeness (QED) is 0.493. The zero-order chi connectivity index (χ0) is 26.8. The van der Waals surface area contributed by atoms with Gasteiger partial charge in [-0.25, -0.2) is 9.07 Å². The topological polar surface area (TPSA) is 107 Å². The van der Waals surface area contributed by atoms with Crippen molar-refractivity contribution in [2.45, 2.75) is 52.2 Å². The lowest BCUT2D eigenvalue weighted by molar-refractivity contribution is 0.0403. The molecule has 2 aliphatic rings. The first kappa shape index (κ1) is 26.0. The summed E-state index contributed by atoms with van der Waals surface area (Å²) in [6, 6.07) is 3.36. The van der Waals surface area contributed by atoms with Gasteiger partial charge in [-0.05, 0) is 57.9 Å². The number of allylic oxidation sites excluding steroid dienone is 1. The van der Waals surface area contributed by atoms with Crippen LogP contribution in [0.2, 0.25) is 0 Å². The van der Waals surface area contributed by atoms with E-state index in [1.165, 1.54) is 6.07 Å². The number of aromatic amines is 1. The summed E-state index contributed by atoms with van der Waals surface area (Å²) in [5.41, 5.74) is 10.3. The number of aryl methyl sites for hydroxylation is 1. The molecule has 0 radical (unpaired) electrons. The second kappa shape index (κ2) is 11.0. The minimum atomic E-state index is -0.368. The maximum Gasteiger partial charge on any atom is 0.220 e. The Morgan fingerprint density at radius 1 is 1.29 bits per heavy atom. The van der Waals surface area contributed by atoms with E-state index < -0.39 is 0 Å². The van der Waals surface area contributed by atoms with Crippen molar-refractivity contribution < 1.29 is 13.9 Å². The van der Waals surface area contributed by atoms with Crippen LogP contribution in [0.25, 0.3) is 28.1 Å². The molecule has 0 spiro atoms. The maximum absolute atomic E-state index is 15.4. The smallest absolute Gasteiger partial charge is 0.220 e. The molecule has 0 saturated carbocycles. The predicted molar refractivity (Wildman–Crippen MR) is 147 cm³/mol. The highest BCUT2D eigenvalue weighted by Crippen LogP contribution is 2.36. The molecule has 3 N–H and O–H groups in total. The summed E-state index contributed by atoms with van der Waals surface area (Å²) in [4.78, 5) is 7.32. The van der Waals surface area contributed by atoms with E-state index in [9.17, 15) is 0 Å². The largest absolute Gasteiger partial charge is 0.479 e. The average molecular weight is 522 g/mol. The monoisotopic (exact) mass is 521 g/mol. The highest BCUT2D eigenvalue weighted by molar-refractivity contribution is 6.05. The Morgan fingerprint density at radius 3 is 2.92 bits per heavy atom. The van der Waals surface area contributed by atoms with Gasteiger partial charge in [0.2, 0.25) is 5.88 Å². The number of H-pyrrole nitrogens is 1. The second-order valence-electron chi connectivity index (χ2n) is 9.86. The number of aromatic nitrogens is 4. The van der Waals surface area contributed by atoms with E-state index in [0.29, 0.717) is 53.8 Å². The fourth-order valence-corrected chi connectivity index (χ4v) is 5.22. The molecule has 1 aromatic carbocycles. The Labute approximate surface area is 222 Å². The van der Waals surface area contributed by atoms with Gasteiger partial charge in [0.1, 0.15) is 11.9 Å². The van der Waals surface area contributed by atoms with Gasteiger partial charge >= 0.3 is 0 Å². The summed E-state index contributed by atoms with van der Waals surface area (Å²) < 4.78 is 29.4. The normalized spacial score (nSPS) is 25.0. The summed E-state index contributed by atoms with van der Waals surface area (Å²) in [6.07, 6.45) is 8.13. The molecule has 38 heavy (non-hydrogen) atoms. The number of hydrogen-bond donors (Lipinski definition) is 2. The molecular formula is C28H36FN7O2. The lowest BCUT2D eigenvalue weighted by atomic mass is 9.98. The van der Waals surface area contributed by atoms with Crippen molar-refractivity contribution in [2.75, 3.05) is 26.2 Å². The molecule has 10 heteroatoms. The lowest BCUT2D eigenvalue weighted by Gasteiger charge is -2.39. The maximum atomic E-state index is 15.4. The Hall–Kier alpha value is -3.66. The van der Waals surface area contributed by atoms with E-state index in [2.05, 4.69) is 34.0 Å². The Bertz CT molecular complexity index is 1400. The predicted octanol–water partition coefficient (Wildman–Crippen LogP) is 4.42. The van der Waals surface area contributed by atoms with Gasteiger partial charge in [-0.15, -0.1) is 0 Å². The number of piperidine rings is 1. The van der Waals surface area contributed by atoms with Crippen molar-refractivity contribution in [1.82, 2.24) is 24.9 Å². The van der Waals surface area contributed by atoms with E-state index in [-0.39, 0.29) is 18.0 Å². The van der Waals surface area contributed by atoms with E-state index in [0.717, 1.165) is 42.5 Å². The summed E-state index contributed by atoms with van der Waals surface area (Å²) in [5, 5.41) is 12.6. The number of aliphatic imine (C=N–C) groups is 1. The molecule has 202 valence electrons. The van der Waals surface area contributed by atoms with Crippen molar-refractivity contribution in [3.63, 3.8) is 0 Å². The fraction of sp³-hybridized carbons (Fsp3) is 0.464. The molecular weight excluding hydrogens is 485 g/mol. The molecule has 1 fully saturated rings. The summed E-state index contributed by atoms with van der Waals surface area (Å²) in [6.45, 7) is 8.82. The molecule has 3 unspecified atom stereocenters. The number of halogens is 1. The van der Waals surface area contributed by atoms with Crippen LogP contribution in [-0.2, 0) is 11.8 Å². The lowest BCUT2D eigenvalue weighted by Crippen LogP contribution is -2.50. The number of fused-ring (bicyclic) bond motifs is 5. The summed E-state index contributed by atoms with van der Waals surface area (Å²) in [7, 11) is 1.82. The molecule has 3 aromatic rings. The molecule has 4 heterocycles. The van der Waals surface area contributed by atoms with E-state index in [1.54, 1.807) is 16.9 Å². The molecule has 2 aliphatic heterocycles. The van der Waals surface area contributed by atoms with Crippen LogP contribution in [0.3, 0.4) is 0 Å². The molecule has 0 aliphatic carbocycles. The third kappa shape index (κ3) is 4.92. The van der Waals surface area contributed by atoms with Crippen molar-refractivity contribution in [3.05, 3.63) is 47.4 Å². The third-order valence-electron chi connectivity index (χ3n) is 7.33. The van der Waals surface area contributed by atoms with Gasteiger partial charge < -0.3 is 15.2 Å². The van der Waals surface area contributed by atoms with Gasteiger partial charge in [-0.1, -0.05) is 6.92 Å². The number of hydrogen-bond acceptors (Lipinski definition) is 7. The van der Waals surface area contributed by atoms with Crippen LogP contribution in [0, 0.1) is 5.82 Å². The van der Waals surface area contributed by atoms with Gasteiger partial charge in [0.15, 0.2) is 5.88 Å². The third-order valence-corrected chi connectivity index (χ3v) is 7.33. The van der Waals surface area contributed by atoms with Crippen LogP contribution in [0.4, 0.5) is 4.39 Å². The SMILES string of the molecule is CCCN=C1CN2CCCC(Oc3c(cnn3C)-c3cc4c(n[nH]c4cc3F)/C=C/C1=C(/N)OCC)C2C. The van der Waals surface area contributed by atoms with E-state index in [1.807, 2.05) is 26.1 Å². The summed E-state index contributed by atoms with van der Waals surface area (Å²) in [5.74, 6) is 0.510. The minimum absolute atomic E-state index is 0.0880. The van der Waals surface area contributed by atoms with Crippen LogP contribution in [0.1, 0.15) is 45.7 Å². The number of ether oxygens (including phenoxy) is 2. The van der Waals surface area contributed by atoms with Crippen molar-refractivity contribution >= 4 is 22.7 Å². The van der Waals surface area contributed by atoms with E-state index in [4.69, 9.17) is 20.2 Å². The van der Waals surface area contributed by atoms with E-state index >= 15 is 4.39 Å². The standard InChI is InChI=1S/C28H36FN7O2/c1-5-11-31-25-16-36-12-7-8-26(17(36)3)38-28-21(15-32-35(28)4)19-13-20-23(33-34-24(20)14-22(19)29)10-9-18(25)27(30)37-6-2/h9-10,13-15,17,26H,5-8,11-12,16,30H2,1-4H3,(H,33,34)/b10-9+,27-18+,31-25?. The number of nitrogens with zero attached hydrogens (tertiary/aromatic N) is 5. The van der Waals surface area contributed by atoms with Crippen LogP contribution in [-0.4, -0.2) is 69.0 Å². The van der Waals surface area contributed by atoms with Gasteiger partial charge in [-0.3, -0.25) is 15.0 Å².